The van der Waals surface area contributed by atoms with Crippen molar-refractivity contribution in [2.75, 3.05) is 18.9 Å². The zero-order valence-corrected chi connectivity index (χ0v) is 10.4. The van der Waals surface area contributed by atoms with E-state index in [0.717, 1.165) is 4.57 Å². The van der Waals surface area contributed by atoms with Crippen LogP contribution in [0.2, 0.25) is 0 Å². The van der Waals surface area contributed by atoms with Gasteiger partial charge in [0.1, 0.15) is 18.1 Å². The van der Waals surface area contributed by atoms with E-state index >= 15 is 0 Å². The van der Waals surface area contributed by atoms with Crippen LogP contribution in [-0.4, -0.2) is 50.3 Å². The number of aromatic nitrogens is 2. The molecule has 0 spiro atoms. The smallest absolute Gasteiger partial charge is 0.351 e. The topological polar surface area (TPSA) is 131 Å². The minimum absolute atomic E-state index is 0.0733. The summed E-state index contributed by atoms with van der Waals surface area (Å²) in [5.41, 5.74) is 3.64. The Hall–Kier alpha value is -1.48. The molecule has 0 saturated carbocycles. The number of aliphatic hydroxyl groups is 3. The second-order valence-electron chi connectivity index (χ2n) is 4.86. The van der Waals surface area contributed by atoms with E-state index in [4.69, 9.17) is 15.6 Å². The molecule has 0 aromatic carbocycles. The third kappa shape index (κ3) is 2.12. The molecule has 106 valence electrons. The van der Waals surface area contributed by atoms with Gasteiger partial charge in [-0.25, -0.2) is 4.79 Å². The van der Waals surface area contributed by atoms with Gasteiger partial charge in [-0.15, -0.1) is 0 Å². The second-order valence-corrected chi connectivity index (χ2v) is 4.86. The Kier molecular flexibility index (Phi) is 3.59. The summed E-state index contributed by atoms with van der Waals surface area (Å²) in [5.74, 6) is 0.0733. The number of aliphatic hydroxyl groups excluding tert-OH is 3. The number of nitrogens with zero attached hydrogens (tertiary/aromatic N) is 2. The maximum Gasteiger partial charge on any atom is 0.351 e. The van der Waals surface area contributed by atoms with Crippen LogP contribution in [0.1, 0.15) is 13.2 Å². The monoisotopic (exact) mass is 271 g/mol. The quantitative estimate of drug-likeness (QED) is 0.503. The molecule has 19 heavy (non-hydrogen) atoms. The van der Waals surface area contributed by atoms with E-state index in [1.165, 1.54) is 12.3 Å². The van der Waals surface area contributed by atoms with E-state index in [1.54, 1.807) is 6.92 Å². The Balaban J connectivity index is 2.45. The molecule has 0 unspecified atom stereocenters. The zero-order chi connectivity index (χ0) is 14.2. The molecule has 2 rings (SSSR count). The van der Waals surface area contributed by atoms with E-state index in [0.29, 0.717) is 0 Å². The Morgan fingerprint density at radius 2 is 2.26 bits per heavy atom. The number of hydrogen-bond donors (Lipinski definition) is 4. The minimum atomic E-state index is -1.12. The van der Waals surface area contributed by atoms with Gasteiger partial charge in [0.15, 0.2) is 0 Å². The van der Waals surface area contributed by atoms with Crippen LogP contribution >= 0.6 is 0 Å². The summed E-state index contributed by atoms with van der Waals surface area (Å²) in [4.78, 5) is 15.4. The van der Waals surface area contributed by atoms with Gasteiger partial charge in [-0.1, -0.05) is 6.92 Å². The zero-order valence-electron chi connectivity index (χ0n) is 10.4. The number of hydrogen-bond acceptors (Lipinski definition) is 7. The number of anilines is 1. The van der Waals surface area contributed by atoms with Crippen LogP contribution in [0.15, 0.2) is 17.1 Å². The molecule has 1 aromatic rings. The fourth-order valence-corrected chi connectivity index (χ4v) is 2.27. The van der Waals surface area contributed by atoms with Gasteiger partial charge < -0.3 is 25.8 Å². The van der Waals surface area contributed by atoms with Crippen LogP contribution in [-0.2, 0) is 4.74 Å². The SMILES string of the molecule is C[C@@]1(CO)[C@H](O)[C@@H](CO)O[C@H]1n1ccc(N)nc1=O. The van der Waals surface area contributed by atoms with Crippen molar-refractivity contribution >= 4 is 5.82 Å². The van der Waals surface area contributed by atoms with E-state index in [2.05, 4.69) is 4.98 Å². The summed E-state index contributed by atoms with van der Waals surface area (Å²) in [6.45, 7) is 0.747. The van der Waals surface area contributed by atoms with Gasteiger partial charge in [-0.05, 0) is 6.07 Å². The van der Waals surface area contributed by atoms with Crippen molar-refractivity contribution in [1.82, 2.24) is 9.55 Å². The summed E-state index contributed by atoms with van der Waals surface area (Å²) in [5, 5.41) is 28.7. The normalized spacial score (nSPS) is 34.6. The first kappa shape index (κ1) is 13.9. The summed E-state index contributed by atoms with van der Waals surface area (Å²) in [6.07, 6.45) is -1.51. The lowest BCUT2D eigenvalue weighted by Crippen LogP contribution is -2.43. The van der Waals surface area contributed by atoms with E-state index in [9.17, 15) is 15.0 Å². The molecule has 0 aliphatic carbocycles. The standard InChI is InChI=1S/C11H17N3O5/c1-11(5-16)8(17)6(4-15)19-9(11)14-3-2-7(12)13-10(14)18/h2-3,6,8-9,15-17H,4-5H2,1H3,(H2,12,13,18)/t6-,8-,9-,11-/m1/s1. The third-order valence-electron chi connectivity index (χ3n) is 3.52. The molecular formula is C11H17N3O5. The summed E-state index contributed by atoms with van der Waals surface area (Å²) in [7, 11) is 0. The Morgan fingerprint density at radius 1 is 1.58 bits per heavy atom. The number of nitrogen functional groups attached to an aromatic ring is 1. The third-order valence-corrected chi connectivity index (χ3v) is 3.52. The number of nitrogens with two attached hydrogens (primary N) is 1. The predicted octanol–water partition coefficient (Wildman–Crippen LogP) is -1.93. The Bertz CT molecular complexity index is 519. The van der Waals surface area contributed by atoms with Crippen LogP contribution in [0.3, 0.4) is 0 Å². The first-order valence-electron chi connectivity index (χ1n) is 5.84. The highest BCUT2D eigenvalue weighted by atomic mass is 16.5. The average Bonchev–Trinajstić information content (AvgIpc) is 2.63. The molecule has 2 heterocycles. The maximum atomic E-state index is 11.8. The van der Waals surface area contributed by atoms with Crippen LogP contribution in [0, 0.1) is 5.41 Å². The van der Waals surface area contributed by atoms with Crippen molar-refractivity contribution in [3.05, 3.63) is 22.7 Å². The van der Waals surface area contributed by atoms with Crippen molar-refractivity contribution < 1.29 is 20.1 Å². The highest BCUT2D eigenvalue weighted by Crippen LogP contribution is 2.44. The molecule has 1 aromatic heterocycles. The van der Waals surface area contributed by atoms with Gasteiger partial charge >= 0.3 is 5.69 Å². The van der Waals surface area contributed by atoms with E-state index in [1.807, 2.05) is 0 Å². The highest BCUT2D eigenvalue weighted by molar-refractivity contribution is 5.23. The van der Waals surface area contributed by atoms with E-state index in [-0.39, 0.29) is 5.82 Å². The van der Waals surface area contributed by atoms with Crippen LogP contribution in [0.25, 0.3) is 0 Å². The minimum Gasteiger partial charge on any atom is -0.396 e. The lowest BCUT2D eigenvalue weighted by atomic mass is 9.83. The molecule has 1 aliphatic heterocycles. The van der Waals surface area contributed by atoms with Gasteiger partial charge in [-0.3, -0.25) is 4.57 Å². The summed E-state index contributed by atoms with van der Waals surface area (Å²) in [6, 6.07) is 1.42. The van der Waals surface area contributed by atoms with Gasteiger partial charge in [0.2, 0.25) is 0 Å². The first-order chi connectivity index (χ1) is 8.93. The second kappa shape index (κ2) is 4.89. The average molecular weight is 271 g/mol. The van der Waals surface area contributed by atoms with Crippen molar-refractivity contribution in [3.63, 3.8) is 0 Å². The highest BCUT2D eigenvalue weighted by Gasteiger charge is 2.53. The van der Waals surface area contributed by atoms with E-state index < -0.39 is 42.8 Å². The molecule has 1 fully saturated rings. The molecule has 8 nitrogen and oxygen atoms in total. The first-order valence-corrected chi connectivity index (χ1v) is 5.84. The molecule has 1 aliphatic rings. The molecular weight excluding hydrogens is 254 g/mol. The Labute approximate surface area is 109 Å². The molecule has 0 amide bonds. The lowest BCUT2D eigenvalue weighted by molar-refractivity contribution is -0.0640. The summed E-state index contributed by atoms with van der Waals surface area (Å²) >= 11 is 0. The fourth-order valence-electron chi connectivity index (χ4n) is 2.27. The van der Waals surface area contributed by atoms with Crippen LogP contribution in [0.4, 0.5) is 5.82 Å². The number of ether oxygens (including phenoxy) is 1. The van der Waals surface area contributed by atoms with Crippen molar-refractivity contribution in [2.45, 2.75) is 25.4 Å². The van der Waals surface area contributed by atoms with Gasteiger partial charge in [-0.2, -0.15) is 4.98 Å². The van der Waals surface area contributed by atoms with Crippen LogP contribution < -0.4 is 11.4 Å². The molecule has 0 radical (unpaired) electrons. The molecule has 1 saturated heterocycles. The van der Waals surface area contributed by atoms with Crippen molar-refractivity contribution in [1.29, 1.82) is 0 Å². The van der Waals surface area contributed by atoms with Crippen LogP contribution in [0.5, 0.6) is 0 Å². The largest absolute Gasteiger partial charge is 0.396 e. The lowest BCUT2D eigenvalue weighted by Gasteiger charge is -2.31. The predicted molar refractivity (Wildman–Crippen MR) is 65.1 cm³/mol. The summed E-state index contributed by atoms with van der Waals surface area (Å²) < 4.78 is 6.60. The van der Waals surface area contributed by atoms with Gasteiger partial charge in [0.05, 0.1) is 24.7 Å². The van der Waals surface area contributed by atoms with Gasteiger partial charge in [0.25, 0.3) is 0 Å². The number of rotatable bonds is 3. The molecule has 8 heteroatoms. The molecule has 4 atom stereocenters. The van der Waals surface area contributed by atoms with Crippen molar-refractivity contribution in [2.24, 2.45) is 5.41 Å². The Morgan fingerprint density at radius 3 is 2.79 bits per heavy atom. The fraction of sp³-hybridized carbons (Fsp3) is 0.636. The van der Waals surface area contributed by atoms with Gasteiger partial charge in [0, 0.05) is 6.20 Å². The maximum absolute atomic E-state index is 11.8. The molecule has 5 N–H and O–H groups in total. The molecule has 0 bridgehead atoms. The van der Waals surface area contributed by atoms with Crippen molar-refractivity contribution in [3.8, 4) is 0 Å².